The maximum Gasteiger partial charge on any atom is 0.0594 e. The lowest BCUT2D eigenvalue weighted by Crippen LogP contribution is -2.33. The van der Waals surface area contributed by atoms with Gasteiger partial charge in [-0.25, -0.2) is 0 Å². The molecule has 27 heavy (non-hydrogen) atoms. The van der Waals surface area contributed by atoms with Crippen LogP contribution in [0.2, 0.25) is 0 Å². The minimum absolute atomic E-state index is 0.763. The number of nitrogens with zero attached hydrogens (tertiary/aromatic N) is 1. The standard InChI is InChI=1S/C24H30N2S/c1-27-23-12-7-11-22-21(18-25-24(22)23)10-5-6-15-26-16-13-20(14-17-26)19-8-3-2-4-9-19/h2-4,7-9,11-12,18,20,25H,5-6,10,13-17H2,1H3. The molecule has 142 valence electrons. The van der Waals surface area contributed by atoms with Crippen LogP contribution in [0.15, 0.2) is 59.6 Å². The van der Waals surface area contributed by atoms with E-state index in [2.05, 4.69) is 70.9 Å². The van der Waals surface area contributed by atoms with Gasteiger partial charge in [0.05, 0.1) is 5.52 Å². The third-order valence-corrected chi connectivity index (χ3v) is 6.79. The van der Waals surface area contributed by atoms with Gasteiger partial charge in [0.25, 0.3) is 0 Å². The Balaban J connectivity index is 1.22. The minimum atomic E-state index is 0.763. The third kappa shape index (κ3) is 4.41. The fraction of sp³-hybridized carbons (Fsp3) is 0.417. The smallest absolute Gasteiger partial charge is 0.0594 e. The Morgan fingerprint density at radius 1 is 1.00 bits per heavy atom. The summed E-state index contributed by atoms with van der Waals surface area (Å²) in [4.78, 5) is 7.50. The molecule has 0 unspecified atom stereocenters. The normalized spacial score (nSPS) is 16.2. The van der Waals surface area contributed by atoms with E-state index in [-0.39, 0.29) is 0 Å². The van der Waals surface area contributed by atoms with Crippen molar-refractivity contribution in [3.05, 3.63) is 65.9 Å². The van der Waals surface area contributed by atoms with E-state index < -0.39 is 0 Å². The Labute approximate surface area is 167 Å². The number of aryl methyl sites for hydroxylation is 1. The van der Waals surface area contributed by atoms with Crippen molar-refractivity contribution >= 4 is 22.7 Å². The molecule has 1 saturated heterocycles. The number of hydrogen-bond acceptors (Lipinski definition) is 2. The van der Waals surface area contributed by atoms with Crippen LogP contribution in [-0.2, 0) is 6.42 Å². The number of likely N-dealkylation sites (tertiary alicyclic amines) is 1. The first-order chi connectivity index (χ1) is 13.3. The third-order valence-electron chi connectivity index (χ3n) is 6.01. The average Bonchev–Trinajstić information content (AvgIpc) is 3.15. The summed E-state index contributed by atoms with van der Waals surface area (Å²) in [7, 11) is 0. The summed E-state index contributed by atoms with van der Waals surface area (Å²) >= 11 is 1.82. The summed E-state index contributed by atoms with van der Waals surface area (Å²) in [5.41, 5.74) is 4.31. The molecule has 0 radical (unpaired) electrons. The summed E-state index contributed by atoms with van der Waals surface area (Å²) in [5.74, 6) is 0.763. The number of hydrogen-bond donors (Lipinski definition) is 1. The minimum Gasteiger partial charge on any atom is -0.360 e. The molecule has 0 amide bonds. The van der Waals surface area contributed by atoms with E-state index in [1.165, 1.54) is 78.7 Å². The van der Waals surface area contributed by atoms with Crippen LogP contribution in [0.25, 0.3) is 10.9 Å². The maximum absolute atomic E-state index is 3.49. The largest absolute Gasteiger partial charge is 0.360 e. The van der Waals surface area contributed by atoms with E-state index >= 15 is 0 Å². The number of piperidine rings is 1. The van der Waals surface area contributed by atoms with Crippen LogP contribution in [0.4, 0.5) is 0 Å². The summed E-state index contributed by atoms with van der Waals surface area (Å²) in [6.07, 6.45) is 10.7. The monoisotopic (exact) mass is 378 g/mol. The molecule has 0 atom stereocenters. The van der Waals surface area contributed by atoms with Crippen LogP contribution in [0.1, 0.15) is 42.7 Å². The van der Waals surface area contributed by atoms with E-state index in [0.717, 1.165) is 5.92 Å². The molecule has 3 heteroatoms. The molecule has 0 saturated carbocycles. The molecule has 2 aromatic carbocycles. The highest BCUT2D eigenvalue weighted by atomic mass is 32.2. The number of nitrogens with one attached hydrogen (secondary N) is 1. The van der Waals surface area contributed by atoms with Crippen molar-refractivity contribution in [2.75, 3.05) is 25.9 Å². The highest BCUT2D eigenvalue weighted by Crippen LogP contribution is 2.29. The van der Waals surface area contributed by atoms with Gasteiger partial charge in [-0.05, 0) is 81.1 Å². The average molecular weight is 379 g/mol. The SMILES string of the molecule is CSc1cccc2c(CCCCN3CCC(c4ccccc4)CC3)c[nH]c12. The summed E-state index contributed by atoms with van der Waals surface area (Å²) in [6, 6.07) is 17.7. The van der Waals surface area contributed by atoms with Gasteiger partial charge < -0.3 is 9.88 Å². The molecule has 2 nitrogen and oxygen atoms in total. The molecule has 1 aromatic heterocycles. The van der Waals surface area contributed by atoms with Gasteiger partial charge in [0.2, 0.25) is 0 Å². The van der Waals surface area contributed by atoms with E-state index in [1.807, 2.05) is 11.8 Å². The number of benzene rings is 2. The zero-order valence-corrected chi connectivity index (χ0v) is 17.1. The number of fused-ring (bicyclic) bond motifs is 1. The molecular formula is C24H30N2S. The molecule has 1 aliphatic heterocycles. The second-order valence-corrected chi connectivity index (χ2v) is 8.53. The second kappa shape index (κ2) is 8.99. The van der Waals surface area contributed by atoms with Crippen molar-refractivity contribution in [1.29, 1.82) is 0 Å². The van der Waals surface area contributed by atoms with Crippen LogP contribution < -0.4 is 0 Å². The van der Waals surface area contributed by atoms with Gasteiger partial charge in [-0.3, -0.25) is 0 Å². The van der Waals surface area contributed by atoms with E-state index in [0.29, 0.717) is 0 Å². The fourth-order valence-corrected chi connectivity index (χ4v) is 5.02. The lowest BCUT2D eigenvalue weighted by molar-refractivity contribution is 0.209. The number of H-pyrrole nitrogens is 1. The van der Waals surface area contributed by atoms with Crippen molar-refractivity contribution in [3.8, 4) is 0 Å². The van der Waals surface area contributed by atoms with Crippen molar-refractivity contribution in [3.63, 3.8) is 0 Å². The van der Waals surface area contributed by atoms with Crippen molar-refractivity contribution < 1.29 is 0 Å². The van der Waals surface area contributed by atoms with Gasteiger partial charge in [-0.15, -0.1) is 11.8 Å². The van der Waals surface area contributed by atoms with Crippen LogP contribution in [0, 0.1) is 0 Å². The number of rotatable bonds is 7. The molecule has 1 aliphatic rings. The van der Waals surface area contributed by atoms with E-state index in [9.17, 15) is 0 Å². The van der Waals surface area contributed by atoms with Gasteiger partial charge in [0, 0.05) is 16.5 Å². The first-order valence-corrected chi connectivity index (χ1v) is 11.5. The topological polar surface area (TPSA) is 19.0 Å². The molecule has 2 heterocycles. The first-order valence-electron chi connectivity index (χ1n) is 10.3. The Morgan fingerprint density at radius 2 is 1.81 bits per heavy atom. The lowest BCUT2D eigenvalue weighted by Gasteiger charge is -2.32. The zero-order valence-electron chi connectivity index (χ0n) is 16.3. The van der Waals surface area contributed by atoms with Crippen LogP contribution in [0.5, 0.6) is 0 Å². The molecule has 1 N–H and O–H groups in total. The maximum atomic E-state index is 3.49. The van der Waals surface area contributed by atoms with Crippen molar-refractivity contribution in [2.24, 2.45) is 0 Å². The molecule has 4 rings (SSSR count). The Morgan fingerprint density at radius 3 is 2.59 bits per heavy atom. The Kier molecular flexibility index (Phi) is 6.21. The van der Waals surface area contributed by atoms with Crippen LogP contribution >= 0.6 is 11.8 Å². The summed E-state index contributed by atoms with van der Waals surface area (Å²) in [5, 5.41) is 1.41. The predicted octanol–water partition coefficient (Wildman–Crippen LogP) is 6.09. The van der Waals surface area contributed by atoms with E-state index in [4.69, 9.17) is 0 Å². The van der Waals surface area contributed by atoms with Crippen LogP contribution in [-0.4, -0.2) is 35.8 Å². The van der Waals surface area contributed by atoms with Gasteiger partial charge >= 0.3 is 0 Å². The highest BCUT2D eigenvalue weighted by Gasteiger charge is 2.19. The molecule has 3 aromatic rings. The Hall–Kier alpha value is -1.71. The number of aromatic nitrogens is 1. The molecular weight excluding hydrogens is 348 g/mol. The number of aromatic amines is 1. The molecule has 0 aliphatic carbocycles. The summed E-state index contributed by atoms with van der Waals surface area (Å²) in [6.45, 7) is 3.76. The quantitative estimate of drug-likeness (QED) is 0.396. The zero-order chi connectivity index (χ0) is 18.5. The molecule has 0 bridgehead atoms. The van der Waals surface area contributed by atoms with Gasteiger partial charge in [0.1, 0.15) is 0 Å². The van der Waals surface area contributed by atoms with Crippen LogP contribution in [0.3, 0.4) is 0 Å². The fourth-order valence-electron chi connectivity index (χ4n) is 4.43. The summed E-state index contributed by atoms with van der Waals surface area (Å²) < 4.78 is 0. The van der Waals surface area contributed by atoms with Gasteiger partial charge in [0.15, 0.2) is 0 Å². The van der Waals surface area contributed by atoms with Gasteiger partial charge in [-0.2, -0.15) is 0 Å². The van der Waals surface area contributed by atoms with Gasteiger partial charge in [-0.1, -0.05) is 42.5 Å². The first kappa shape index (κ1) is 18.6. The van der Waals surface area contributed by atoms with Crippen molar-refractivity contribution in [1.82, 2.24) is 9.88 Å². The predicted molar refractivity (Wildman–Crippen MR) is 118 cm³/mol. The number of para-hydroxylation sites is 1. The number of unbranched alkanes of at least 4 members (excludes halogenated alkanes) is 1. The number of thioether (sulfide) groups is 1. The van der Waals surface area contributed by atoms with Crippen molar-refractivity contribution in [2.45, 2.75) is 42.9 Å². The molecule has 1 fully saturated rings. The lowest BCUT2D eigenvalue weighted by atomic mass is 9.89. The Bertz CT molecular complexity index is 847. The molecule has 0 spiro atoms. The highest BCUT2D eigenvalue weighted by molar-refractivity contribution is 7.98. The van der Waals surface area contributed by atoms with E-state index in [1.54, 1.807) is 0 Å². The second-order valence-electron chi connectivity index (χ2n) is 7.68.